The number of hydrogen-bond acceptors (Lipinski definition) is 4. The summed E-state index contributed by atoms with van der Waals surface area (Å²) in [6, 6.07) is 14.2. The Bertz CT molecular complexity index is 573. The van der Waals surface area contributed by atoms with Crippen LogP contribution in [-0.2, 0) is 4.74 Å². The molecule has 0 aromatic heterocycles. The number of carbonyl (C=O) groups excluding carboxylic acids is 1. The highest BCUT2D eigenvalue weighted by Gasteiger charge is 2.08. The van der Waals surface area contributed by atoms with E-state index in [0.717, 1.165) is 5.56 Å². The van der Waals surface area contributed by atoms with Gasteiger partial charge in [0.25, 0.3) is 0 Å². The fourth-order valence-corrected chi connectivity index (χ4v) is 1.70. The van der Waals surface area contributed by atoms with E-state index in [4.69, 9.17) is 14.2 Å². The van der Waals surface area contributed by atoms with Crippen LogP contribution in [0.5, 0.6) is 11.5 Å². The minimum atomic E-state index is -0.387. The summed E-state index contributed by atoms with van der Waals surface area (Å²) in [5.41, 5.74) is 1.60. The Morgan fingerprint density at radius 3 is 2.14 bits per heavy atom. The third-order valence-corrected chi connectivity index (χ3v) is 2.88. The molecule has 4 heteroatoms. The molecule has 0 amide bonds. The van der Waals surface area contributed by atoms with Gasteiger partial charge < -0.3 is 14.2 Å². The average molecular weight is 286 g/mol. The molecule has 0 atom stereocenters. The number of aryl methyl sites for hydroxylation is 1. The van der Waals surface area contributed by atoms with Crippen LogP contribution < -0.4 is 9.47 Å². The second-order valence-corrected chi connectivity index (χ2v) is 4.57. The number of methoxy groups -OCH3 is 1. The molecule has 2 aromatic carbocycles. The molecular formula is C17H18O4. The molecule has 0 bridgehead atoms. The standard InChI is InChI=1S/C17H18O4/c1-13-3-7-16(8-4-13)21-17(18)14-5-9-15(10-6-14)20-12-11-19-2/h3-10H,11-12H2,1-2H3. The molecule has 21 heavy (non-hydrogen) atoms. The van der Waals surface area contributed by atoms with E-state index < -0.39 is 0 Å². The zero-order valence-electron chi connectivity index (χ0n) is 12.2. The van der Waals surface area contributed by atoms with Crippen molar-refractivity contribution in [2.75, 3.05) is 20.3 Å². The lowest BCUT2D eigenvalue weighted by Crippen LogP contribution is -2.09. The van der Waals surface area contributed by atoms with Gasteiger partial charge in [-0.25, -0.2) is 4.79 Å². The first-order chi connectivity index (χ1) is 10.2. The van der Waals surface area contributed by atoms with Gasteiger partial charge in [0.1, 0.15) is 18.1 Å². The van der Waals surface area contributed by atoms with Crippen LogP contribution in [0.25, 0.3) is 0 Å². The summed E-state index contributed by atoms with van der Waals surface area (Å²) in [6.45, 7) is 2.98. The van der Waals surface area contributed by atoms with Crippen molar-refractivity contribution in [3.63, 3.8) is 0 Å². The number of esters is 1. The average Bonchev–Trinajstić information content (AvgIpc) is 2.50. The van der Waals surface area contributed by atoms with E-state index in [1.807, 2.05) is 19.1 Å². The van der Waals surface area contributed by atoms with Crippen LogP contribution in [0.3, 0.4) is 0 Å². The van der Waals surface area contributed by atoms with Crippen LogP contribution in [0.4, 0.5) is 0 Å². The van der Waals surface area contributed by atoms with Crippen molar-refractivity contribution in [1.82, 2.24) is 0 Å². The molecule has 2 aromatic rings. The zero-order chi connectivity index (χ0) is 15.1. The molecule has 0 aliphatic heterocycles. The van der Waals surface area contributed by atoms with Crippen molar-refractivity contribution in [2.45, 2.75) is 6.92 Å². The van der Waals surface area contributed by atoms with Gasteiger partial charge in [0, 0.05) is 7.11 Å². The lowest BCUT2D eigenvalue weighted by molar-refractivity contribution is 0.0734. The Kier molecular flexibility index (Phi) is 5.35. The van der Waals surface area contributed by atoms with E-state index in [-0.39, 0.29) is 5.97 Å². The molecule has 0 aliphatic carbocycles. The predicted octanol–water partition coefficient (Wildman–Crippen LogP) is 3.24. The Balaban J connectivity index is 1.94. The van der Waals surface area contributed by atoms with Crippen molar-refractivity contribution >= 4 is 5.97 Å². The van der Waals surface area contributed by atoms with Crippen LogP contribution in [0.2, 0.25) is 0 Å². The van der Waals surface area contributed by atoms with E-state index in [9.17, 15) is 4.79 Å². The van der Waals surface area contributed by atoms with Gasteiger partial charge in [-0.2, -0.15) is 0 Å². The number of benzene rings is 2. The number of hydrogen-bond donors (Lipinski definition) is 0. The highest BCUT2D eigenvalue weighted by molar-refractivity contribution is 5.91. The van der Waals surface area contributed by atoms with Crippen LogP contribution in [0.15, 0.2) is 48.5 Å². The van der Waals surface area contributed by atoms with E-state index in [2.05, 4.69) is 0 Å². The van der Waals surface area contributed by atoms with Crippen molar-refractivity contribution in [2.24, 2.45) is 0 Å². The van der Waals surface area contributed by atoms with Gasteiger partial charge >= 0.3 is 5.97 Å². The summed E-state index contributed by atoms with van der Waals surface area (Å²) in [7, 11) is 1.62. The van der Waals surface area contributed by atoms with Crippen molar-refractivity contribution in [1.29, 1.82) is 0 Å². The maximum Gasteiger partial charge on any atom is 0.343 e. The molecule has 4 nitrogen and oxygen atoms in total. The first-order valence-electron chi connectivity index (χ1n) is 6.69. The minimum absolute atomic E-state index is 0.387. The van der Waals surface area contributed by atoms with Crippen LogP contribution in [0, 0.1) is 6.92 Å². The molecule has 110 valence electrons. The molecule has 0 heterocycles. The highest BCUT2D eigenvalue weighted by atomic mass is 16.5. The Labute approximate surface area is 124 Å². The Morgan fingerprint density at radius 2 is 1.52 bits per heavy atom. The molecule has 0 aliphatic rings. The second kappa shape index (κ2) is 7.45. The summed E-state index contributed by atoms with van der Waals surface area (Å²) in [5, 5.41) is 0. The number of ether oxygens (including phenoxy) is 3. The summed E-state index contributed by atoms with van der Waals surface area (Å²) in [4.78, 5) is 12.0. The van der Waals surface area contributed by atoms with Gasteiger partial charge in [-0.15, -0.1) is 0 Å². The van der Waals surface area contributed by atoms with E-state index >= 15 is 0 Å². The monoisotopic (exact) mass is 286 g/mol. The zero-order valence-corrected chi connectivity index (χ0v) is 12.2. The topological polar surface area (TPSA) is 44.8 Å². The molecular weight excluding hydrogens is 268 g/mol. The molecule has 2 rings (SSSR count). The second-order valence-electron chi connectivity index (χ2n) is 4.57. The lowest BCUT2D eigenvalue weighted by Gasteiger charge is -2.07. The van der Waals surface area contributed by atoms with Crippen LogP contribution >= 0.6 is 0 Å². The largest absolute Gasteiger partial charge is 0.491 e. The first kappa shape index (κ1) is 15.1. The lowest BCUT2D eigenvalue weighted by atomic mass is 10.2. The maximum absolute atomic E-state index is 12.0. The predicted molar refractivity (Wildman–Crippen MR) is 80.0 cm³/mol. The smallest absolute Gasteiger partial charge is 0.343 e. The maximum atomic E-state index is 12.0. The fraction of sp³-hybridized carbons (Fsp3) is 0.235. The van der Waals surface area contributed by atoms with Crippen LogP contribution in [0.1, 0.15) is 15.9 Å². The van der Waals surface area contributed by atoms with Gasteiger partial charge in [-0.05, 0) is 43.3 Å². The highest BCUT2D eigenvalue weighted by Crippen LogP contribution is 2.16. The summed E-state index contributed by atoms with van der Waals surface area (Å²) < 4.78 is 15.6. The number of rotatable bonds is 6. The SMILES string of the molecule is COCCOc1ccc(C(=O)Oc2ccc(C)cc2)cc1. The van der Waals surface area contributed by atoms with Gasteiger partial charge in [-0.3, -0.25) is 0 Å². The van der Waals surface area contributed by atoms with Crippen LogP contribution in [-0.4, -0.2) is 26.3 Å². The van der Waals surface area contributed by atoms with Gasteiger partial charge in [0.2, 0.25) is 0 Å². The molecule has 0 fully saturated rings. The summed E-state index contributed by atoms with van der Waals surface area (Å²) in [6.07, 6.45) is 0. The normalized spacial score (nSPS) is 10.2. The van der Waals surface area contributed by atoms with Crippen molar-refractivity contribution < 1.29 is 19.0 Å². The number of carbonyl (C=O) groups is 1. The molecule has 0 spiro atoms. The molecule has 0 unspecified atom stereocenters. The van der Waals surface area contributed by atoms with Crippen molar-refractivity contribution in [3.05, 3.63) is 59.7 Å². The molecule has 0 saturated heterocycles. The van der Waals surface area contributed by atoms with Crippen molar-refractivity contribution in [3.8, 4) is 11.5 Å². The minimum Gasteiger partial charge on any atom is -0.491 e. The van der Waals surface area contributed by atoms with E-state index in [1.54, 1.807) is 43.5 Å². The molecule has 0 saturated carbocycles. The Morgan fingerprint density at radius 1 is 0.905 bits per heavy atom. The van der Waals surface area contributed by atoms with E-state index in [1.165, 1.54) is 0 Å². The third kappa shape index (κ3) is 4.61. The molecule has 0 radical (unpaired) electrons. The van der Waals surface area contributed by atoms with Gasteiger partial charge in [0.15, 0.2) is 0 Å². The molecule has 0 N–H and O–H groups in total. The first-order valence-corrected chi connectivity index (χ1v) is 6.69. The quantitative estimate of drug-likeness (QED) is 0.464. The van der Waals surface area contributed by atoms with E-state index in [0.29, 0.717) is 30.3 Å². The van der Waals surface area contributed by atoms with Gasteiger partial charge in [-0.1, -0.05) is 17.7 Å². The Hall–Kier alpha value is -2.33. The third-order valence-electron chi connectivity index (χ3n) is 2.88. The summed E-state index contributed by atoms with van der Waals surface area (Å²) in [5.74, 6) is 0.840. The summed E-state index contributed by atoms with van der Waals surface area (Å²) >= 11 is 0. The fourth-order valence-electron chi connectivity index (χ4n) is 1.70. The van der Waals surface area contributed by atoms with Gasteiger partial charge in [0.05, 0.1) is 12.2 Å².